The Morgan fingerprint density at radius 3 is 2.57 bits per heavy atom. The van der Waals surface area contributed by atoms with Gasteiger partial charge in [0.15, 0.2) is 11.6 Å². The maximum atomic E-state index is 13.1. The second kappa shape index (κ2) is 3.92. The lowest BCUT2D eigenvalue weighted by molar-refractivity contribution is -0.116. The van der Waals surface area contributed by atoms with E-state index >= 15 is 0 Å². The van der Waals surface area contributed by atoms with E-state index in [1.165, 1.54) is 6.92 Å². The van der Waals surface area contributed by atoms with Gasteiger partial charge in [0.25, 0.3) is 0 Å². The molecule has 0 radical (unpaired) electrons. The second-order valence-corrected chi connectivity index (χ2v) is 3.28. The van der Waals surface area contributed by atoms with Gasteiger partial charge < -0.3 is 5.11 Å². The van der Waals surface area contributed by atoms with Crippen LogP contribution in [0.15, 0.2) is 6.07 Å². The van der Waals surface area contributed by atoms with Crippen LogP contribution in [0.4, 0.5) is 8.78 Å². The fourth-order valence-corrected chi connectivity index (χ4v) is 1.25. The summed E-state index contributed by atoms with van der Waals surface area (Å²) in [5, 5.41) is 8.61. The minimum Gasteiger partial charge on any atom is -0.504 e. The molecule has 2 nitrogen and oxygen atoms in total. The zero-order valence-corrected chi connectivity index (χ0v) is 8.03. The molecule has 1 N–H and O–H groups in total. The summed E-state index contributed by atoms with van der Waals surface area (Å²) in [7, 11) is 0. The molecule has 76 valence electrons. The topological polar surface area (TPSA) is 37.3 Å². The first-order valence-electron chi connectivity index (χ1n) is 3.78. The molecular formula is C9H7ClF2O2. The summed E-state index contributed by atoms with van der Waals surface area (Å²) in [6.45, 7) is 1.25. The van der Waals surface area contributed by atoms with Crippen molar-refractivity contribution in [3.8, 4) is 5.75 Å². The predicted molar refractivity (Wildman–Crippen MR) is 47.4 cm³/mol. The van der Waals surface area contributed by atoms with Gasteiger partial charge in [-0.1, -0.05) is 11.6 Å². The molecule has 0 spiro atoms. The number of hydrogen-bond donors (Lipinski definition) is 1. The molecule has 0 aliphatic carbocycles. The Kier molecular flexibility index (Phi) is 3.06. The van der Waals surface area contributed by atoms with Gasteiger partial charge in [-0.25, -0.2) is 4.39 Å². The number of halogens is 3. The molecule has 1 rings (SSSR count). The zero-order valence-electron chi connectivity index (χ0n) is 7.27. The smallest absolute Gasteiger partial charge is 0.202 e. The van der Waals surface area contributed by atoms with Gasteiger partial charge in [-0.3, -0.25) is 4.79 Å². The molecule has 0 aliphatic heterocycles. The number of phenolic OH excluding ortho intramolecular Hbond substituents is 1. The largest absolute Gasteiger partial charge is 0.504 e. The van der Waals surface area contributed by atoms with Crippen molar-refractivity contribution >= 4 is 17.4 Å². The summed E-state index contributed by atoms with van der Waals surface area (Å²) < 4.78 is 25.9. The highest BCUT2D eigenvalue weighted by Gasteiger charge is 2.17. The van der Waals surface area contributed by atoms with E-state index in [2.05, 4.69) is 0 Å². The molecule has 1 aromatic rings. The van der Waals surface area contributed by atoms with Gasteiger partial charge >= 0.3 is 0 Å². The average molecular weight is 221 g/mol. The number of rotatable bonds is 2. The molecule has 0 fully saturated rings. The van der Waals surface area contributed by atoms with Gasteiger partial charge in [0.1, 0.15) is 5.78 Å². The summed E-state index contributed by atoms with van der Waals surface area (Å²) in [4.78, 5) is 10.7. The van der Waals surface area contributed by atoms with Gasteiger partial charge in [0.2, 0.25) is 5.82 Å². The van der Waals surface area contributed by atoms with E-state index in [4.69, 9.17) is 16.7 Å². The Bertz CT molecular complexity index is 391. The molecular weight excluding hydrogens is 214 g/mol. The van der Waals surface area contributed by atoms with E-state index in [1.807, 2.05) is 0 Å². The van der Waals surface area contributed by atoms with Crippen LogP contribution in [0.3, 0.4) is 0 Å². The molecule has 0 aromatic heterocycles. The van der Waals surface area contributed by atoms with E-state index in [-0.39, 0.29) is 22.8 Å². The molecule has 5 heteroatoms. The molecule has 0 atom stereocenters. The first kappa shape index (κ1) is 10.9. The summed E-state index contributed by atoms with van der Waals surface area (Å²) >= 11 is 5.41. The molecule has 0 unspecified atom stereocenters. The van der Waals surface area contributed by atoms with Gasteiger partial charge in [0, 0.05) is 6.42 Å². The fourth-order valence-electron chi connectivity index (χ4n) is 1.03. The molecule has 0 saturated carbocycles. The Morgan fingerprint density at radius 1 is 1.50 bits per heavy atom. The van der Waals surface area contributed by atoms with Gasteiger partial charge in [-0.15, -0.1) is 0 Å². The Morgan fingerprint density at radius 2 is 2.07 bits per heavy atom. The van der Waals surface area contributed by atoms with E-state index < -0.39 is 17.4 Å². The number of phenols is 1. The maximum Gasteiger partial charge on any atom is 0.202 e. The highest BCUT2D eigenvalue weighted by molar-refractivity contribution is 6.32. The standard InChI is InChI=1S/C9H7ClF2O2/c1-4(13)2-5-3-6(10)9(14)8(12)7(5)11/h3,14H,2H2,1H3. The van der Waals surface area contributed by atoms with Crippen molar-refractivity contribution in [1.82, 2.24) is 0 Å². The number of ketones is 1. The SMILES string of the molecule is CC(=O)Cc1cc(Cl)c(O)c(F)c1F. The third-order valence-corrected chi connectivity index (χ3v) is 1.94. The molecule has 0 heterocycles. The number of aromatic hydroxyl groups is 1. The van der Waals surface area contributed by atoms with Crippen molar-refractivity contribution in [3.63, 3.8) is 0 Å². The normalized spacial score (nSPS) is 10.3. The molecule has 1 aromatic carbocycles. The van der Waals surface area contributed by atoms with Crippen LogP contribution in [0, 0.1) is 11.6 Å². The monoisotopic (exact) mass is 220 g/mol. The Hall–Kier alpha value is -1.16. The molecule has 0 saturated heterocycles. The summed E-state index contributed by atoms with van der Waals surface area (Å²) in [6, 6.07) is 1.04. The van der Waals surface area contributed by atoms with Crippen molar-refractivity contribution in [1.29, 1.82) is 0 Å². The fraction of sp³-hybridized carbons (Fsp3) is 0.222. The minimum atomic E-state index is -1.42. The first-order valence-corrected chi connectivity index (χ1v) is 4.16. The van der Waals surface area contributed by atoms with Crippen molar-refractivity contribution in [3.05, 3.63) is 28.3 Å². The zero-order chi connectivity index (χ0) is 10.9. The van der Waals surface area contributed by atoms with Crippen LogP contribution in [0.5, 0.6) is 5.75 Å². The number of carbonyl (C=O) groups excluding carboxylic acids is 1. The van der Waals surface area contributed by atoms with E-state index in [0.29, 0.717) is 0 Å². The van der Waals surface area contributed by atoms with Crippen molar-refractivity contribution in [2.24, 2.45) is 0 Å². The van der Waals surface area contributed by atoms with Crippen molar-refractivity contribution in [2.45, 2.75) is 13.3 Å². The van der Waals surface area contributed by atoms with Crippen LogP contribution in [0.2, 0.25) is 5.02 Å². The summed E-state index contributed by atoms with van der Waals surface area (Å²) in [5.41, 5.74) is -0.155. The molecule has 0 bridgehead atoms. The average Bonchev–Trinajstić information content (AvgIpc) is 2.10. The molecule has 0 amide bonds. The molecule has 0 aliphatic rings. The number of hydrogen-bond acceptors (Lipinski definition) is 2. The third kappa shape index (κ3) is 2.01. The first-order chi connectivity index (χ1) is 6.43. The summed E-state index contributed by atoms with van der Waals surface area (Å²) in [5.74, 6) is -3.91. The van der Waals surface area contributed by atoms with Crippen LogP contribution in [0.25, 0.3) is 0 Å². The third-order valence-electron chi connectivity index (χ3n) is 1.65. The minimum absolute atomic E-state index is 0.155. The van der Waals surface area contributed by atoms with E-state index in [9.17, 15) is 13.6 Å². The maximum absolute atomic E-state index is 13.1. The second-order valence-electron chi connectivity index (χ2n) is 2.87. The van der Waals surface area contributed by atoms with Crippen LogP contribution >= 0.6 is 11.6 Å². The number of Topliss-reactive ketones (excluding diaryl/α,β-unsaturated/α-hetero) is 1. The Labute approximate surface area is 84.1 Å². The highest BCUT2D eigenvalue weighted by atomic mass is 35.5. The van der Waals surface area contributed by atoms with Crippen LogP contribution < -0.4 is 0 Å². The van der Waals surface area contributed by atoms with Crippen molar-refractivity contribution in [2.75, 3.05) is 0 Å². The van der Waals surface area contributed by atoms with Crippen LogP contribution in [-0.4, -0.2) is 10.9 Å². The number of benzene rings is 1. The highest BCUT2D eigenvalue weighted by Crippen LogP contribution is 2.30. The quantitative estimate of drug-likeness (QED) is 0.778. The van der Waals surface area contributed by atoms with Gasteiger partial charge in [-0.05, 0) is 18.6 Å². The predicted octanol–water partition coefficient (Wildman–Crippen LogP) is 2.46. The van der Waals surface area contributed by atoms with E-state index in [1.54, 1.807) is 0 Å². The van der Waals surface area contributed by atoms with Gasteiger partial charge in [-0.2, -0.15) is 4.39 Å². The summed E-state index contributed by atoms with van der Waals surface area (Å²) in [6.07, 6.45) is -0.247. The lowest BCUT2D eigenvalue weighted by Gasteiger charge is -2.05. The molecule has 14 heavy (non-hydrogen) atoms. The number of carbonyl (C=O) groups is 1. The van der Waals surface area contributed by atoms with Crippen LogP contribution in [-0.2, 0) is 11.2 Å². The van der Waals surface area contributed by atoms with Crippen LogP contribution in [0.1, 0.15) is 12.5 Å². The van der Waals surface area contributed by atoms with Gasteiger partial charge in [0.05, 0.1) is 5.02 Å². The van der Waals surface area contributed by atoms with Crippen molar-refractivity contribution < 1.29 is 18.7 Å². The lowest BCUT2D eigenvalue weighted by atomic mass is 10.1. The van der Waals surface area contributed by atoms with E-state index in [0.717, 1.165) is 6.07 Å². The Balaban J connectivity index is 3.25. The lowest BCUT2D eigenvalue weighted by Crippen LogP contribution is -2.01.